The van der Waals surface area contributed by atoms with Gasteiger partial charge in [0.05, 0.1) is 12.8 Å². The third-order valence-corrected chi connectivity index (χ3v) is 2.51. The van der Waals surface area contributed by atoms with E-state index in [9.17, 15) is 13.2 Å². The molecule has 19 heavy (non-hydrogen) atoms. The van der Waals surface area contributed by atoms with Gasteiger partial charge in [0.1, 0.15) is 11.6 Å². The Hall–Kier alpha value is -1.76. The largest absolute Gasteiger partial charge is 0.467 e. The summed E-state index contributed by atoms with van der Waals surface area (Å²) >= 11 is 5.51. The Bertz CT molecular complexity index is 557. The van der Waals surface area contributed by atoms with Crippen LogP contribution in [0.2, 0.25) is 5.28 Å². The van der Waals surface area contributed by atoms with E-state index in [-0.39, 0.29) is 12.4 Å². The Kier molecular flexibility index (Phi) is 3.66. The number of anilines is 1. The van der Waals surface area contributed by atoms with Crippen LogP contribution in [0.5, 0.6) is 0 Å². The minimum atomic E-state index is -4.56. The third kappa shape index (κ3) is 3.37. The van der Waals surface area contributed by atoms with Crippen molar-refractivity contribution in [3.8, 4) is 0 Å². The number of hydrogen-bond donors (Lipinski definition) is 0. The molecule has 2 aromatic rings. The van der Waals surface area contributed by atoms with Crippen molar-refractivity contribution in [2.75, 3.05) is 11.9 Å². The molecule has 2 aromatic heterocycles. The number of alkyl halides is 3. The van der Waals surface area contributed by atoms with Crippen LogP contribution in [0.15, 0.2) is 28.9 Å². The van der Waals surface area contributed by atoms with E-state index < -0.39 is 17.2 Å². The Labute approximate surface area is 111 Å². The van der Waals surface area contributed by atoms with Crippen molar-refractivity contribution >= 4 is 17.4 Å². The number of hydrogen-bond acceptors (Lipinski definition) is 4. The molecular formula is C11H9ClF3N3O. The van der Waals surface area contributed by atoms with E-state index in [4.69, 9.17) is 16.0 Å². The standard InChI is InChI=1S/C11H9ClF3N3O/c1-18(6-7-3-2-4-19-7)9-5-8(11(13,14)15)16-10(12)17-9/h2-5H,6H2,1H3. The Balaban J connectivity index is 2.26. The number of aromatic nitrogens is 2. The average Bonchev–Trinajstić information content (AvgIpc) is 2.79. The quantitative estimate of drug-likeness (QED) is 0.813. The van der Waals surface area contributed by atoms with Gasteiger partial charge in [-0.15, -0.1) is 0 Å². The van der Waals surface area contributed by atoms with Crippen LogP contribution in [-0.2, 0) is 12.7 Å². The second-order valence-electron chi connectivity index (χ2n) is 3.81. The van der Waals surface area contributed by atoms with Gasteiger partial charge in [-0.2, -0.15) is 13.2 Å². The molecule has 2 rings (SSSR count). The van der Waals surface area contributed by atoms with Gasteiger partial charge in [-0.1, -0.05) is 0 Å². The van der Waals surface area contributed by atoms with Gasteiger partial charge in [0.15, 0.2) is 5.69 Å². The maximum atomic E-state index is 12.6. The molecule has 2 heterocycles. The van der Waals surface area contributed by atoms with Crippen molar-refractivity contribution in [2.45, 2.75) is 12.7 Å². The van der Waals surface area contributed by atoms with Crippen molar-refractivity contribution in [3.05, 3.63) is 41.2 Å². The van der Waals surface area contributed by atoms with E-state index in [0.29, 0.717) is 5.76 Å². The normalized spacial score (nSPS) is 11.6. The van der Waals surface area contributed by atoms with Crippen LogP contribution in [0.4, 0.5) is 19.0 Å². The van der Waals surface area contributed by atoms with Gasteiger partial charge in [0.25, 0.3) is 0 Å². The third-order valence-electron chi connectivity index (χ3n) is 2.34. The van der Waals surface area contributed by atoms with Crippen LogP contribution in [-0.4, -0.2) is 17.0 Å². The van der Waals surface area contributed by atoms with Crippen LogP contribution in [0.1, 0.15) is 11.5 Å². The van der Waals surface area contributed by atoms with Crippen LogP contribution in [0.25, 0.3) is 0 Å². The number of furan rings is 1. The molecule has 0 aliphatic carbocycles. The molecule has 0 amide bonds. The highest BCUT2D eigenvalue weighted by Gasteiger charge is 2.34. The van der Waals surface area contributed by atoms with Gasteiger partial charge in [-0.05, 0) is 23.7 Å². The second kappa shape index (κ2) is 5.08. The first-order chi connectivity index (χ1) is 8.86. The molecule has 0 unspecified atom stereocenters. The molecular weight excluding hydrogens is 283 g/mol. The highest BCUT2D eigenvalue weighted by molar-refractivity contribution is 6.28. The first-order valence-corrected chi connectivity index (χ1v) is 5.59. The minimum absolute atomic E-state index is 0.0729. The monoisotopic (exact) mass is 291 g/mol. The molecule has 0 fully saturated rings. The van der Waals surface area contributed by atoms with E-state index in [0.717, 1.165) is 6.07 Å². The summed E-state index contributed by atoms with van der Waals surface area (Å²) in [5, 5.41) is -0.448. The van der Waals surface area contributed by atoms with Gasteiger partial charge in [-0.25, -0.2) is 9.97 Å². The molecule has 0 radical (unpaired) electrons. The zero-order chi connectivity index (χ0) is 14.0. The number of rotatable bonds is 3. The van der Waals surface area contributed by atoms with Crippen molar-refractivity contribution < 1.29 is 17.6 Å². The smallest absolute Gasteiger partial charge is 0.433 e. The van der Waals surface area contributed by atoms with Gasteiger partial charge < -0.3 is 9.32 Å². The fraction of sp³-hybridized carbons (Fsp3) is 0.273. The lowest BCUT2D eigenvalue weighted by atomic mass is 10.3. The van der Waals surface area contributed by atoms with E-state index >= 15 is 0 Å². The summed E-state index contributed by atoms with van der Waals surface area (Å²) in [4.78, 5) is 8.42. The lowest BCUT2D eigenvalue weighted by molar-refractivity contribution is -0.141. The summed E-state index contributed by atoms with van der Waals surface area (Å²) in [5.74, 6) is 0.675. The first-order valence-electron chi connectivity index (χ1n) is 5.21. The van der Waals surface area contributed by atoms with Crippen LogP contribution in [0, 0.1) is 0 Å². The van der Waals surface area contributed by atoms with E-state index in [1.165, 1.54) is 11.2 Å². The highest BCUT2D eigenvalue weighted by Crippen LogP contribution is 2.30. The summed E-state index contributed by atoms with van der Waals surface area (Å²) in [6, 6.07) is 4.25. The lowest BCUT2D eigenvalue weighted by Gasteiger charge is -2.18. The van der Waals surface area contributed by atoms with Crippen LogP contribution in [0.3, 0.4) is 0 Å². The van der Waals surface area contributed by atoms with Gasteiger partial charge in [-0.3, -0.25) is 0 Å². The molecule has 102 valence electrons. The molecule has 8 heteroatoms. The lowest BCUT2D eigenvalue weighted by Crippen LogP contribution is -2.19. The fourth-order valence-electron chi connectivity index (χ4n) is 1.46. The van der Waals surface area contributed by atoms with Gasteiger partial charge in [0, 0.05) is 13.1 Å². The molecule has 0 aromatic carbocycles. The molecule has 0 saturated carbocycles. The summed E-state index contributed by atoms with van der Waals surface area (Å²) in [6.45, 7) is 0.275. The van der Waals surface area contributed by atoms with Crippen LogP contribution < -0.4 is 4.90 Å². The van der Waals surface area contributed by atoms with Gasteiger partial charge in [0.2, 0.25) is 5.28 Å². The van der Waals surface area contributed by atoms with Crippen LogP contribution >= 0.6 is 11.6 Å². The fourth-order valence-corrected chi connectivity index (χ4v) is 1.64. The Morgan fingerprint density at radius 3 is 2.68 bits per heavy atom. The molecule has 0 saturated heterocycles. The zero-order valence-corrected chi connectivity index (χ0v) is 10.5. The van der Waals surface area contributed by atoms with E-state index in [1.807, 2.05) is 0 Å². The molecule has 4 nitrogen and oxygen atoms in total. The Morgan fingerprint density at radius 2 is 2.11 bits per heavy atom. The summed E-state index contributed by atoms with van der Waals surface area (Å²) in [6.07, 6.45) is -3.08. The summed E-state index contributed by atoms with van der Waals surface area (Å²) in [5.41, 5.74) is -1.08. The maximum absolute atomic E-state index is 12.6. The van der Waals surface area contributed by atoms with Gasteiger partial charge >= 0.3 is 6.18 Å². The SMILES string of the molecule is CN(Cc1ccco1)c1cc(C(F)(F)F)nc(Cl)n1. The minimum Gasteiger partial charge on any atom is -0.467 e. The average molecular weight is 292 g/mol. The van der Waals surface area contributed by atoms with E-state index in [2.05, 4.69) is 9.97 Å². The van der Waals surface area contributed by atoms with Crippen molar-refractivity contribution in [3.63, 3.8) is 0 Å². The predicted octanol–water partition coefficient (Wildman–Crippen LogP) is 3.38. The molecule has 0 atom stereocenters. The Morgan fingerprint density at radius 1 is 1.37 bits per heavy atom. The summed E-state index contributed by atoms with van der Waals surface area (Å²) < 4.78 is 42.9. The molecule has 0 aliphatic rings. The molecule has 0 aliphatic heterocycles. The van der Waals surface area contributed by atoms with E-state index in [1.54, 1.807) is 19.2 Å². The first kappa shape index (κ1) is 13.7. The number of nitrogens with zero attached hydrogens (tertiary/aromatic N) is 3. The predicted molar refractivity (Wildman–Crippen MR) is 62.9 cm³/mol. The molecule has 0 N–H and O–H groups in total. The second-order valence-corrected chi connectivity index (χ2v) is 4.15. The molecule has 0 bridgehead atoms. The maximum Gasteiger partial charge on any atom is 0.433 e. The molecule has 0 spiro atoms. The van der Waals surface area contributed by atoms with Crippen molar-refractivity contribution in [1.29, 1.82) is 0 Å². The topological polar surface area (TPSA) is 42.2 Å². The highest BCUT2D eigenvalue weighted by atomic mass is 35.5. The van der Waals surface area contributed by atoms with Crippen molar-refractivity contribution in [1.82, 2.24) is 9.97 Å². The van der Waals surface area contributed by atoms with Crippen molar-refractivity contribution in [2.24, 2.45) is 0 Å². The summed E-state index contributed by atoms with van der Waals surface area (Å²) in [7, 11) is 1.58. The number of halogens is 4. The zero-order valence-electron chi connectivity index (χ0n) is 9.78.